The molecule has 5 heteroatoms. The van der Waals surface area contributed by atoms with Crippen LogP contribution in [0.1, 0.15) is 33.2 Å². The molecule has 1 aromatic heterocycles. The van der Waals surface area contributed by atoms with Gasteiger partial charge in [-0.15, -0.1) is 11.8 Å². The first-order valence-electron chi connectivity index (χ1n) is 5.48. The summed E-state index contributed by atoms with van der Waals surface area (Å²) in [5, 5.41) is 7.28. The fourth-order valence-electron chi connectivity index (χ4n) is 1.32. The topological polar surface area (TPSA) is 46.9 Å². The Kier molecular flexibility index (Phi) is 5.05. The van der Waals surface area contributed by atoms with Gasteiger partial charge in [0.25, 0.3) is 5.56 Å². The third-order valence-corrected chi connectivity index (χ3v) is 2.54. The second kappa shape index (κ2) is 6.31. The molecule has 0 amide bonds. The van der Waals surface area contributed by atoms with Crippen LogP contribution in [0.25, 0.3) is 0 Å². The van der Waals surface area contributed by atoms with Crippen molar-refractivity contribution in [1.29, 1.82) is 0 Å². The van der Waals surface area contributed by atoms with E-state index >= 15 is 0 Å². The number of anilines is 1. The maximum Gasteiger partial charge on any atom is 0.287 e. The molecule has 0 aliphatic rings. The van der Waals surface area contributed by atoms with Crippen molar-refractivity contribution in [2.24, 2.45) is 0 Å². The lowest BCUT2D eigenvalue weighted by molar-refractivity contribution is 0.503. The minimum atomic E-state index is -0.270. The average Bonchev–Trinajstić information content (AvgIpc) is 2.29. The standard InChI is InChI=1S/C12H16ClN3O/c1-4-5-6-7-14-10-8-15-16(9(2)3)12(17)11(10)13/h8-9,14H,6-7H2,1-3H3. The molecule has 0 aliphatic carbocycles. The second-order valence-corrected chi connectivity index (χ2v) is 4.20. The number of hydrogen-bond donors (Lipinski definition) is 1. The Balaban J connectivity index is 2.84. The van der Waals surface area contributed by atoms with Crippen molar-refractivity contribution in [3.05, 3.63) is 21.6 Å². The van der Waals surface area contributed by atoms with Crippen LogP contribution < -0.4 is 10.9 Å². The van der Waals surface area contributed by atoms with Crippen LogP contribution >= 0.6 is 11.6 Å². The van der Waals surface area contributed by atoms with E-state index in [2.05, 4.69) is 22.3 Å². The fourth-order valence-corrected chi connectivity index (χ4v) is 1.52. The first kappa shape index (κ1) is 13.6. The molecule has 1 rings (SSSR count). The number of hydrogen-bond acceptors (Lipinski definition) is 3. The predicted octanol–water partition coefficient (Wildman–Crippen LogP) is 2.30. The molecule has 0 atom stereocenters. The van der Waals surface area contributed by atoms with Crippen molar-refractivity contribution >= 4 is 17.3 Å². The van der Waals surface area contributed by atoms with Gasteiger partial charge in [0.15, 0.2) is 0 Å². The minimum absolute atomic E-state index is 0.00000746. The smallest absolute Gasteiger partial charge is 0.287 e. The van der Waals surface area contributed by atoms with Gasteiger partial charge in [-0.3, -0.25) is 4.79 Å². The fraction of sp³-hybridized carbons (Fsp3) is 0.500. The average molecular weight is 254 g/mol. The zero-order valence-corrected chi connectivity index (χ0v) is 11.0. The van der Waals surface area contributed by atoms with Gasteiger partial charge in [0.2, 0.25) is 0 Å². The van der Waals surface area contributed by atoms with Crippen LogP contribution in [-0.2, 0) is 0 Å². The van der Waals surface area contributed by atoms with E-state index < -0.39 is 0 Å². The summed E-state index contributed by atoms with van der Waals surface area (Å²) in [6.45, 7) is 6.20. The Morgan fingerprint density at radius 2 is 2.29 bits per heavy atom. The molecule has 0 aromatic carbocycles. The van der Waals surface area contributed by atoms with E-state index in [0.717, 1.165) is 0 Å². The Bertz CT molecular complexity index is 497. The lowest BCUT2D eigenvalue weighted by Crippen LogP contribution is -2.25. The third kappa shape index (κ3) is 3.50. The molecule has 0 saturated carbocycles. The molecule has 0 bridgehead atoms. The van der Waals surface area contributed by atoms with E-state index in [4.69, 9.17) is 11.6 Å². The summed E-state index contributed by atoms with van der Waals surface area (Å²) < 4.78 is 1.36. The molecule has 92 valence electrons. The molecular formula is C12H16ClN3O. The molecule has 0 saturated heterocycles. The summed E-state index contributed by atoms with van der Waals surface area (Å²) in [6.07, 6.45) is 2.28. The van der Waals surface area contributed by atoms with Gasteiger partial charge in [-0.2, -0.15) is 5.10 Å². The summed E-state index contributed by atoms with van der Waals surface area (Å²) in [5.41, 5.74) is 0.291. The summed E-state index contributed by atoms with van der Waals surface area (Å²) in [7, 11) is 0. The van der Waals surface area contributed by atoms with Gasteiger partial charge in [0.1, 0.15) is 5.02 Å². The van der Waals surface area contributed by atoms with E-state index in [1.165, 1.54) is 4.68 Å². The Labute approximate surface area is 106 Å². The van der Waals surface area contributed by atoms with Gasteiger partial charge in [-0.1, -0.05) is 11.6 Å². The van der Waals surface area contributed by atoms with Crippen molar-refractivity contribution in [2.75, 3.05) is 11.9 Å². The number of halogens is 1. The zero-order valence-electron chi connectivity index (χ0n) is 10.2. The maximum absolute atomic E-state index is 11.8. The second-order valence-electron chi connectivity index (χ2n) is 3.82. The number of nitrogens with zero attached hydrogens (tertiary/aromatic N) is 2. The SMILES string of the molecule is CC#CCCNc1cnn(C(C)C)c(=O)c1Cl. The minimum Gasteiger partial charge on any atom is -0.381 e. The number of nitrogens with one attached hydrogen (secondary N) is 1. The predicted molar refractivity (Wildman–Crippen MR) is 70.4 cm³/mol. The van der Waals surface area contributed by atoms with Crippen LogP contribution in [0, 0.1) is 11.8 Å². The third-order valence-electron chi connectivity index (χ3n) is 2.17. The highest BCUT2D eigenvalue weighted by Gasteiger charge is 2.10. The van der Waals surface area contributed by atoms with Gasteiger partial charge < -0.3 is 5.32 Å². The van der Waals surface area contributed by atoms with Crippen LogP contribution in [0.4, 0.5) is 5.69 Å². The van der Waals surface area contributed by atoms with Gasteiger partial charge in [0.05, 0.1) is 17.9 Å². The van der Waals surface area contributed by atoms with E-state index in [-0.39, 0.29) is 16.6 Å². The lowest BCUT2D eigenvalue weighted by atomic mass is 10.3. The Hall–Kier alpha value is -1.47. The van der Waals surface area contributed by atoms with E-state index in [1.807, 2.05) is 13.8 Å². The molecule has 17 heavy (non-hydrogen) atoms. The van der Waals surface area contributed by atoms with Crippen molar-refractivity contribution in [3.63, 3.8) is 0 Å². The highest BCUT2D eigenvalue weighted by atomic mass is 35.5. The van der Waals surface area contributed by atoms with Gasteiger partial charge in [-0.05, 0) is 20.8 Å². The molecule has 0 aliphatic heterocycles. The van der Waals surface area contributed by atoms with Crippen molar-refractivity contribution in [1.82, 2.24) is 9.78 Å². The van der Waals surface area contributed by atoms with E-state index in [1.54, 1.807) is 13.1 Å². The highest BCUT2D eigenvalue weighted by Crippen LogP contribution is 2.15. The van der Waals surface area contributed by atoms with Crippen LogP contribution in [0.3, 0.4) is 0 Å². The molecular weight excluding hydrogens is 238 g/mol. The van der Waals surface area contributed by atoms with E-state index in [0.29, 0.717) is 18.7 Å². The van der Waals surface area contributed by atoms with Gasteiger partial charge >= 0.3 is 0 Å². The molecule has 1 aromatic rings. The summed E-state index contributed by atoms with van der Waals surface area (Å²) in [5.74, 6) is 5.72. The highest BCUT2D eigenvalue weighted by molar-refractivity contribution is 6.32. The first-order chi connectivity index (χ1) is 8.07. The van der Waals surface area contributed by atoms with Crippen LogP contribution in [-0.4, -0.2) is 16.3 Å². The van der Waals surface area contributed by atoms with Gasteiger partial charge in [0, 0.05) is 13.0 Å². The normalized spacial score (nSPS) is 9.94. The number of aromatic nitrogens is 2. The van der Waals surface area contributed by atoms with Crippen molar-refractivity contribution in [3.8, 4) is 11.8 Å². The largest absolute Gasteiger partial charge is 0.381 e. The van der Waals surface area contributed by atoms with Crippen molar-refractivity contribution < 1.29 is 0 Å². The first-order valence-corrected chi connectivity index (χ1v) is 5.86. The molecule has 1 N–H and O–H groups in total. The summed E-state index contributed by atoms with van der Waals surface area (Å²) >= 11 is 5.98. The molecule has 0 radical (unpaired) electrons. The zero-order chi connectivity index (χ0) is 12.8. The molecule has 4 nitrogen and oxygen atoms in total. The quantitative estimate of drug-likeness (QED) is 0.662. The van der Waals surface area contributed by atoms with Crippen LogP contribution in [0.2, 0.25) is 5.02 Å². The summed E-state index contributed by atoms with van der Waals surface area (Å²) in [6, 6.07) is 0.00000746. The van der Waals surface area contributed by atoms with Crippen LogP contribution in [0.15, 0.2) is 11.0 Å². The van der Waals surface area contributed by atoms with E-state index in [9.17, 15) is 4.79 Å². The molecule has 1 heterocycles. The Morgan fingerprint density at radius 3 is 2.88 bits per heavy atom. The monoisotopic (exact) mass is 253 g/mol. The number of rotatable bonds is 4. The Morgan fingerprint density at radius 1 is 1.59 bits per heavy atom. The summed E-state index contributed by atoms with van der Waals surface area (Å²) in [4.78, 5) is 11.8. The van der Waals surface area contributed by atoms with Crippen molar-refractivity contribution in [2.45, 2.75) is 33.2 Å². The lowest BCUT2D eigenvalue weighted by Gasteiger charge is -2.11. The molecule has 0 spiro atoms. The van der Waals surface area contributed by atoms with Gasteiger partial charge in [-0.25, -0.2) is 4.68 Å². The van der Waals surface area contributed by atoms with Crippen LogP contribution in [0.5, 0.6) is 0 Å². The molecule has 0 unspecified atom stereocenters. The maximum atomic E-state index is 11.8. The molecule has 0 fully saturated rings.